The Morgan fingerprint density at radius 2 is 2.45 bits per heavy atom. The van der Waals surface area contributed by atoms with Gasteiger partial charge in [0.15, 0.2) is 0 Å². The molecule has 1 fully saturated rings. The monoisotopic (exact) mass is 156 g/mol. The van der Waals surface area contributed by atoms with Gasteiger partial charge in [0.2, 0.25) is 5.91 Å². The largest absolute Gasteiger partial charge is 0.359 e. The van der Waals surface area contributed by atoms with Crippen molar-refractivity contribution in [2.45, 2.75) is 19.8 Å². The smallest absolute Gasteiger partial charge is 0.227 e. The van der Waals surface area contributed by atoms with Gasteiger partial charge in [0, 0.05) is 13.6 Å². The molecule has 0 aromatic rings. The van der Waals surface area contributed by atoms with E-state index in [2.05, 4.69) is 17.6 Å². The molecule has 1 heterocycles. The summed E-state index contributed by atoms with van der Waals surface area (Å²) >= 11 is 0. The minimum absolute atomic E-state index is 0.116. The van der Waals surface area contributed by atoms with Gasteiger partial charge < -0.3 is 10.6 Å². The Balaban J connectivity index is 2.66. The highest BCUT2D eigenvalue weighted by atomic mass is 16.2. The SMILES string of the molecule is CCC1(C(=O)NC)CCNC1. The molecule has 0 aromatic heterocycles. The van der Waals surface area contributed by atoms with Crippen molar-refractivity contribution in [2.75, 3.05) is 20.1 Å². The van der Waals surface area contributed by atoms with Gasteiger partial charge in [0.05, 0.1) is 5.41 Å². The van der Waals surface area contributed by atoms with E-state index in [1.54, 1.807) is 7.05 Å². The summed E-state index contributed by atoms with van der Waals surface area (Å²) in [5.74, 6) is 0.185. The molecule has 0 radical (unpaired) electrons. The molecule has 3 heteroatoms. The third kappa shape index (κ3) is 1.38. The van der Waals surface area contributed by atoms with Crippen LogP contribution in [0.5, 0.6) is 0 Å². The van der Waals surface area contributed by atoms with E-state index in [4.69, 9.17) is 0 Å². The molecular weight excluding hydrogens is 140 g/mol. The number of carbonyl (C=O) groups excluding carboxylic acids is 1. The fourth-order valence-corrected chi connectivity index (χ4v) is 1.67. The number of hydrogen-bond acceptors (Lipinski definition) is 2. The molecule has 1 amide bonds. The van der Waals surface area contributed by atoms with E-state index in [0.29, 0.717) is 0 Å². The maximum Gasteiger partial charge on any atom is 0.227 e. The average Bonchev–Trinajstić information content (AvgIpc) is 2.52. The summed E-state index contributed by atoms with van der Waals surface area (Å²) < 4.78 is 0. The van der Waals surface area contributed by atoms with E-state index in [1.807, 2.05) is 0 Å². The fraction of sp³-hybridized carbons (Fsp3) is 0.875. The highest BCUT2D eigenvalue weighted by Crippen LogP contribution is 2.29. The summed E-state index contributed by atoms with van der Waals surface area (Å²) in [5, 5.41) is 5.94. The molecule has 11 heavy (non-hydrogen) atoms. The average molecular weight is 156 g/mol. The minimum Gasteiger partial charge on any atom is -0.359 e. The highest BCUT2D eigenvalue weighted by Gasteiger charge is 2.38. The van der Waals surface area contributed by atoms with Gasteiger partial charge in [-0.2, -0.15) is 0 Å². The normalized spacial score (nSPS) is 30.4. The van der Waals surface area contributed by atoms with Gasteiger partial charge in [-0.15, -0.1) is 0 Å². The lowest BCUT2D eigenvalue weighted by molar-refractivity contribution is -0.129. The molecule has 0 aromatic carbocycles. The lowest BCUT2D eigenvalue weighted by Gasteiger charge is -2.23. The second-order valence-electron chi connectivity index (χ2n) is 3.14. The first-order valence-corrected chi connectivity index (χ1v) is 4.18. The molecule has 0 saturated carbocycles. The van der Waals surface area contributed by atoms with Gasteiger partial charge in [-0.25, -0.2) is 0 Å². The number of amides is 1. The zero-order chi connectivity index (χ0) is 8.32. The van der Waals surface area contributed by atoms with E-state index >= 15 is 0 Å². The van der Waals surface area contributed by atoms with Crippen LogP contribution >= 0.6 is 0 Å². The molecule has 3 nitrogen and oxygen atoms in total. The lowest BCUT2D eigenvalue weighted by Crippen LogP contribution is -2.40. The predicted molar refractivity (Wildman–Crippen MR) is 44.3 cm³/mol. The standard InChI is InChI=1S/C8H16N2O/c1-3-8(7(11)9-2)4-5-10-6-8/h10H,3-6H2,1-2H3,(H,9,11). The van der Waals surface area contributed by atoms with Crippen LogP contribution in [-0.4, -0.2) is 26.0 Å². The van der Waals surface area contributed by atoms with Crippen LogP contribution < -0.4 is 10.6 Å². The van der Waals surface area contributed by atoms with E-state index in [-0.39, 0.29) is 11.3 Å². The van der Waals surface area contributed by atoms with E-state index in [1.165, 1.54) is 0 Å². The Hall–Kier alpha value is -0.570. The molecule has 1 atom stereocenters. The third-order valence-corrected chi connectivity index (χ3v) is 2.63. The van der Waals surface area contributed by atoms with Crippen LogP contribution in [-0.2, 0) is 4.79 Å². The van der Waals surface area contributed by atoms with Crippen LogP contribution in [0.15, 0.2) is 0 Å². The number of rotatable bonds is 2. The first-order chi connectivity index (χ1) is 5.25. The van der Waals surface area contributed by atoms with Crippen LogP contribution in [0.1, 0.15) is 19.8 Å². The quantitative estimate of drug-likeness (QED) is 0.596. The first kappa shape index (κ1) is 8.53. The predicted octanol–water partition coefficient (Wildman–Crippen LogP) is 0.122. The van der Waals surface area contributed by atoms with Crippen molar-refractivity contribution in [3.8, 4) is 0 Å². The Morgan fingerprint density at radius 3 is 2.82 bits per heavy atom. The Labute approximate surface area is 67.5 Å². The maximum absolute atomic E-state index is 11.4. The lowest BCUT2D eigenvalue weighted by atomic mass is 9.83. The second kappa shape index (κ2) is 3.22. The number of carbonyl (C=O) groups is 1. The summed E-state index contributed by atoms with van der Waals surface area (Å²) in [6, 6.07) is 0. The van der Waals surface area contributed by atoms with E-state index < -0.39 is 0 Å². The minimum atomic E-state index is -0.116. The van der Waals surface area contributed by atoms with Crippen LogP contribution in [0.3, 0.4) is 0 Å². The Kier molecular flexibility index (Phi) is 2.49. The summed E-state index contributed by atoms with van der Waals surface area (Å²) in [5.41, 5.74) is -0.116. The van der Waals surface area contributed by atoms with Gasteiger partial charge in [-0.3, -0.25) is 4.79 Å². The molecule has 1 saturated heterocycles. The first-order valence-electron chi connectivity index (χ1n) is 4.18. The van der Waals surface area contributed by atoms with Crippen molar-refractivity contribution in [3.05, 3.63) is 0 Å². The molecule has 1 unspecified atom stereocenters. The molecule has 64 valence electrons. The summed E-state index contributed by atoms with van der Waals surface area (Å²) in [6.45, 7) is 3.88. The third-order valence-electron chi connectivity index (χ3n) is 2.63. The van der Waals surface area contributed by atoms with Gasteiger partial charge in [-0.05, 0) is 19.4 Å². The highest BCUT2D eigenvalue weighted by molar-refractivity contribution is 5.82. The molecular formula is C8H16N2O. The van der Waals surface area contributed by atoms with E-state index in [9.17, 15) is 4.79 Å². The van der Waals surface area contributed by atoms with Crippen LogP contribution in [0.25, 0.3) is 0 Å². The summed E-state index contributed by atoms with van der Waals surface area (Å²) in [6.07, 6.45) is 1.91. The van der Waals surface area contributed by atoms with Crippen molar-refractivity contribution in [1.29, 1.82) is 0 Å². The van der Waals surface area contributed by atoms with Gasteiger partial charge in [-0.1, -0.05) is 6.92 Å². The second-order valence-corrected chi connectivity index (χ2v) is 3.14. The van der Waals surface area contributed by atoms with Gasteiger partial charge in [0.25, 0.3) is 0 Å². The molecule has 0 spiro atoms. The van der Waals surface area contributed by atoms with Crippen LogP contribution in [0, 0.1) is 5.41 Å². The summed E-state index contributed by atoms with van der Waals surface area (Å²) in [4.78, 5) is 11.4. The Morgan fingerprint density at radius 1 is 1.73 bits per heavy atom. The zero-order valence-corrected chi connectivity index (χ0v) is 7.24. The maximum atomic E-state index is 11.4. The fourth-order valence-electron chi connectivity index (χ4n) is 1.67. The topological polar surface area (TPSA) is 41.1 Å². The zero-order valence-electron chi connectivity index (χ0n) is 7.24. The van der Waals surface area contributed by atoms with Gasteiger partial charge in [0.1, 0.15) is 0 Å². The van der Waals surface area contributed by atoms with Gasteiger partial charge >= 0.3 is 0 Å². The molecule has 1 aliphatic rings. The number of nitrogens with one attached hydrogen (secondary N) is 2. The van der Waals surface area contributed by atoms with Crippen LogP contribution in [0.2, 0.25) is 0 Å². The van der Waals surface area contributed by atoms with E-state index in [0.717, 1.165) is 25.9 Å². The van der Waals surface area contributed by atoms with Crippen molar-refractivity contribution in [2.24, 2.45) is 5.41 Å². The van der Waals surface area contributed by atoms with Crippen LogP contribution in [0.4, 0.5) is 0 Å². The van der Waals surface area contributed by atoms with Crippen molar-refractivity contribution < 1.29 is 4.79 Å². The molecule has 1 rings (SSSR count). The number of hydrogen-bond donors (Lipinski definition) is 2. The van der Waals surface area contributed by atoms with Crippen molar-refractivity contribution in [3.63, 3.8) is 0 Å². The molecule has 2 N–H and O–H groups in total. The Bertz CT molecular complexity index is 150. The summed E-state index contributed by atoms with van der Waals surface area (Å²) in [7, 11) is 1.71. The molecule has 0 bridgehead atoms. The molecule has 0 aliphatic carbocycles. The molecule has 1 aliphatic heterocycles. The van der Waals surface area contributed by atoms with Crippen molar-refractivity contribution >= 4 is 5.91 Å². The van der Waals surface area contributed by atoms with Crippen molar-refractivity contribution in [1.82, 2.24) is 10.6 Å².